The standard InChI is InChI=1S/C21H21FN6O3S.2H2/c22-16-2-1-3-17(14-16)25-21(29)28-12-10-27(11-13-28)18-4-6-19(7-5-18)32(30,31)26-20-8-9-23-15-24-20;;/h1-9,14-15H,10-13H2,(H,25,29)(H,23,24,26);2*1H. The molecule has 0 atom stereocenters. The molecular formula is C21H25FN6O3S. The molecular weight excluding hydrogens is 435 g/mol. The predicted octanol–water partition coefficient (Wildman–Crippen LogP) is 3.26. The van der Waals surface area contributed by atoms with E-state index in [0.29, 0.717) is 31.9 Å². The van der Waals surface area contributed by atoms with Crippen molar-refractivity contribution in [1.82, 2.24) is 14.9 Å². The third-order valence-electron chi connectivity index (χ3n) is 4.98. The van der Waals surface area contributed by atoms with E-state index >= 15 is 0 Å². The number of hydrogen-bond acceptors (Lipinski definition) is 6. The summed E-state index contributed by atoms with van der Waals surface area (Å²) < 4.78 is 40.7. The highest BCUT2D eigenvalue weighted by Crippen LogP contribution is 2.21. The lowest BCUT2D eigenvalue weighted by Gasteiger charge is -2.36. The molecule has 3 aromatic rings. The van der Waals surface area contributed by atoms with Gasteiger partial charge in [-0.1, -0.05) is 6.07 Å². The summed E-state index contributed by atoms with van der Waals surface area (Å²) in [6, 6.07) is 13.5. The molecule has 4 rings (SSSR count). The van der Waals surface area contributed by atoms with Gasteiger partial charge in [-0.05, 0) is 48.5 Å². The van der Waals surface area contributed by atoms with Gasteiger partial charge in [0, 0.05) is 46.6 Å². The Balaban J connectivity index is 0.00000204. The number of carbonyl (C=O) groups excluding carboxylic acids is 1. The van der Waals surface area contributed by atoms with Crippen molar-refractivity contribution in [3.63, 3.8) is 0 Å². The van der Waals surface area contributed by atoms with Gasteiger partial charge in [-0.15, -0.1) is 0 Å². The van der Waals surface area contributed by atoms with Crippen molar-refractivity contribution in [3.05, 3.63) is 72.9 Å². The molecule has 0 radical (unpaired) electrons. The number of nitrogens with one attached hydrogen (secondary N) is 2. The summed E-state index contributed by atoms with van der Waals surface area (Å²) in [4.78, 5) is 23.9. The molecule has 1 aromatic heterocycles. The van der Waals surface area contributed by atoms with Crippen LogP contribution < -0.4 is 14.9 Å². The average molecular weight is 461 g/mol. The van der Waals surface area contributed by atoms with Gasteiger partial charge in [-0.2, -0.15) is 0 Å². The number of amides is 2. The molecule has 11 heteroatoms. The van der Waals surface area contributed by atoms with Crippen LogP contribution in [0.15, 0.2) is 72.0 Å². The van der Waals surface area contributed by atoms with Gasteiger partial charge in [-0.25, -0.2) is 27.6 Å². The van der Waals surface area contributed by atoms with E-state index in [9.17, 15) is 17.6 Å². The number of piperazine rings is 1. The fraction of sp³-hybridized carbons (Fsp3) is 0.190. The topological polar surface area (TPSA) is 108 Å². The molecule has 1 fully saturated rings. The first-order valence-electron chi connectivity index (χ1n) is 9.86. The van der Waals surface area contributed by atoms with E-state index in [0.717, 1.165) is 5.69 Å². The lowest BCUT2D eigenvalue weighted by Crippen LogP contribution is -2.50. The molecule has 32 heavy (non-hydrogen) atoms. The van der Waals surface area contributed by atoms with E-state index < -0.39 is 15.8 Å². The number of anilines is 3. The summed E-state index contributed by atoms with van der Waals surface area (Å²) in [7, 11) is -3.76. The van der Waals surface area contributed by atoms with Gasteiger partial charge >= 0.3 is 6.03 Å². The molecule has 0 unspecified atom stereocenters. The molecule has 0 saturated carbocycles. The van der Waals surface area contributed by atoms with Gasteiger partial charge in [-0.3, -0.25) is 4.72 Å². The molecule has 2 aromatic carbocycles. The summed E-state index contributed by atoms with van der Waals surface area (Å²) in [5.41, 5.74) is 1.26. The van der Waals surface area contributed by atoms with Gasteiger partial charge in [0.05, 0.1) is 4.90 Å². The molecule has 1 aliphatic heterocycles. The maximum absolute atomic E-state index is 13.3. The van der Waals surface area contributed by atoms with E-state index in [-0.39, 0.29) is 19.6 Å². The van der Waals surface area contributed by atoms with Gasteiger partial charge in [0.2, 0.25) is 0 Å². The van der Waals surface area contributed by atoms with Crippen molar-refractivity contribution in [3.8, 4) is 0 Å². The van der Waals surface area contributed by atoms with Crippen LogP contribution in [-0.4, -0.2) is 55.5 Å². The Morgan fingerprint density at radius 3 is 2.44 bits per heavy atom. The molecule has 2 N–H and O–H groups in total. The molecule has 9 nitrogen and oxygen atoms in total. The monoisotopic (exact) mass is 460 g/mol. The zero-order valence-corrected chi connectivity index (χ0v) is 17.8. The van der Waals surface area contributed by atoms with Crippen LogP contribution in [0.4, 0.5) is 26.4 Å². The summed E-state index contributed by atoms with van der Waals surface area (Å²) in [5.74, 6) is -0.220. The molecule has 170 valence electrons. The van der Waals surface area contributed by atoms with Crippen LogP contribution in [0, 0.1) is 5.82 Å². The van der Waals surface area contributed by atoms with Gasteiger partial charge in [0.1, 0.15) is 18.0 Å². The normalized spacial score (nSPS) is 14.2. The Morgan fingerprint density at radius 1 is 1.03 bits per heavy atom. The fourth-order valence-electron chi connectivity index (χ4n) is 3.32. The number of hydrogen-bond donors (Lipinski definition) is 2. The van der Waals surface area contributed by atoms with Crippen LogP contribution in [0.1, 0.15) is 2.85 Å². The molecule has 1 saturated heterocycles. The Labute approximate surface area is 187 Å². The predicted molar refractivity (Wildman–Crippen MR) is 123 cm³/mol. The third-order valence-corrected chi connectivity index (χ3v) is 6.35. The van der Waals surface area contributed by atoms with E-state index in [4.69, 9.17) is 0 Å². The summed E-state index contributed by atoms with van der Waals surface area (Å²) >= 11 is 0. The lowest BCUT2D eigenvalue weighted by molar-refractivity contribution is 0.208. The first kappa shape index (κ1) is 21.5. The first-order valence-corrected chi connectivity index (χ1v) is 11.3. The van der Waals surface area contributed by atoms with E-state index in [1.165, 1.54) is 48.9 Å². The Hall–Kier alpha value is -3.73. The second-order valence-electron chi connectivity index (χ2n) is 7.11. The molecule has 0 spiro atoms. The molecule has 0 bridgehead atoms. The molecule has 1 aliphatic rings. The number of rotatable bonds is 5. The first-order chi connectivity index (χ1) is 15.4. The molecule has 2 heterocycles. The number of nitrogens with zero attached hydrogens (tertiary/aromatic N) is 4. The van der Waals surface area contributed by atoms with Crippen molar-refractivity contribution >= 4 is 33.2 Å². The second kappa shape index (κ2) is 9.18. The highest BCUT2D eigenvalue weighted by atomic mass is 32.2. The van der Waals surface area contributed by atoms with Crippen molar-refractivity contribution in [2.24, 2.45) is 0 Å². The summed E-state index contributed by atoms with van der Waals surface area (Å²) in [6.07, 6.45) is 2.71. The third kappa shape index (κ3) is 5.11. The van der Waals surface area contributed by atoms with Crippen LogP contribution in [0.5, 0.6) is 0 Å². The van der Waals surface area contributed by atoms with Crippen molar-refractivity contribution < 1.29 is 20.5 Å². The van der Waals surface area contributed by atoms with Gasteiger partial charge in [0.15, 0.2) is 0 Å². The maximum atomic E-state index is 13.3. The van der Waals surface area contributed by atoms with Crippen molar-refractivity contribution in [1.29, 1.82) is 0 Å². The number of benzene rings is 2. The largest absolute Gasteiger partial charge is 0.368 e. The van der Waals surface area contributed by atoms with Gasteiger partial charge < -0.3 is 15.1 Å². The molecule has 0 aliphatic carbocycles. The average Bonchev–Trinajstić information content (AvgIpc) is 2.80. The minimum atomic E-state index is -3.76. The number of aromatic nitrogens is 2. The minimum absolute atomic E-state index is 0. The van der Waals surface area contributed by atoms with Crippen molar-refractivity contribution in [2.45, 2.75) is 4.90 Å². The maximum Gasteiger partial charge on any atom is 0.321 e. The lowest BCUT2D eigenvalue weighted by atomic mass is 10.2. The summed E-state index contributed by atoms with van der Waals surface area (Å²) in [5, 5.41) is 2.70. The second-order valence-corrected chi connectivity index (χ2v) is 8.79. The number of sulfonamides is 1. The summed E-state index contributed by atoms with van der Waals surface area (Å²) in [6.45, 7) is 2.14. The van der Waals surface area contributed by atoms with E-state index in [1.807, 2.05) is 0 Å². The van der Waals surface area contributed by atoms with Crippen LogP contribution in [-0.2, 0) is 10.0 Å². The quantitative estimate of drug-likeness (QED) is 0.605. The number of halogens is 1. The molecule has 2 amide bonds. The van der Waals surface area contributed by atoms with Crippen molar-refractivity contribution in [2.75, 3.05) is 41.1 Å². The van der Waals surface area contributed by atoms with E-state index in [1.54, 1.807) is 23.1 Å². The van der Waals surface area contributed by atoms with Crippen LogP contribution in [0.3, 0.4) is 0 Å². The zero-order chi connectivity index (χ0) is 22.6. The Morgan fingerprint density at radius 2 is 1.78 bits per heavy atom. The fourth-order valence-corrected chi connectivity index (χ4v) is 4.33. The van der Waals surface area contributed by atoms with Crippen LogP contribution >= 0.6 is 0 Å². The highest BCUT2D eigenvalue weighted by molar-refractivity contribution is 7.92. The Bertz CT molecular complexity index is 1190. The van der Waals surface area contributed by atoms with E-state index in [2.05, 4.69) is 24.9 Å². The van der Waals surface area contributed by atoms with Gasteiger partial charge in [0.25, 0.3) is 10.0 Å². The Kier molecular flexibility index (Phi) is 6.17. The smallest absolute Gasteiger partial charge is 0.321 e. The number of urea groups is 1. The minimum Gasteiger partial charge on any atom is -0.368 e. The van der Waals surface area contributed by atoms with Crippen LogP contribution in [0.2, 0.25) is 0 Å². The SMILES string of the molecule is O=C(Nc1cccc(F)c1)N1CCN(c2ccc(S(=O)(=O)Nc3ccncn3)cc2)CC1.[HH].[HH]. The number of carbonyl (C=O) groups is 1. The highest BCUT2D eigenvalue weighted by Gasteiger charge is 2.22. The zero-order valence-electron chi connectivity index (χ0n) is 17.0. The van der Waals surface area contributed by atoms with Crippen LogP contribution in [0.25, 0.3) is 0 Å².